The summed E-state index contributed by atoms with van der Waals surface area (Å²) in [6.45, 7) is 3.38. The molecule has 1 atom stereocenters. The van der Waals surface area contributed by atoms with Gasteiger partial charge in [-0.05, 0) is 32.6 Å². The Hall–Kier alpha value is -0.460. The van der Waals surface area contributed by atoms with Crippen molar-refractivity contribution in [1.82, 2.24) is 8.61 Å². The van der Waals surface area contributed by atoms with Crippen molar-refractivity contribution in [1.29, 1.82) is 0 Å². The average Bonchev–Trinajstić information content (AvgIpc) is 2.65. The van der Waals surface area contributed by atoms with E-state index in [1.807, 2.05) is 0 Å². The first kappa shape index (κ1) is 15.9. The number of Topliss-reactive ketones (excluding diaryl/α,β-unsaturated/α-hetero) is 1. The Morgan fingerprint density at radius 1 is 1.00 bits per heavy atom. The van der Waals surface area contributed by atoms with Crippen LogP contribution in [0.5, 0.6) is 0 Å². The molecule has 20 heavy (non-hydrogen) atoms. The van der Waals surface area contributed by atoms with E-state index in [-0.39, 0.29) is 11.8 Å². The molecule has 0 aliphatic carbocycles. The Kier molecular flexibility index (Phi) is 5.57. The minimum Gasteiger partial charge on any atom is -0.300 e. The van der Waals surface area contributed by atoms with Crippen LogP contribution >= 0.6 is 0 Å². The standard InChI is InChI=1S/C14H26N2O3S/c1-13(17)12-14-8-4-2-7-11-16(14)20(18,19)15-9-5-3-6-10-15/h14H,2-12H2,1H3. The molecule has 0 aromatic carbocycles. The molecule has 2 aliphatic heterocycles. The van der Waals surface area contributed by atoms with Crippen LogP contribution in [0.2, 0.25) is 0 Å². The van der Waals surface area contributed by atoms with Crippen LogP contribution in [0.3, 0.4) is 0 Å². The number of piperidine rings is 1. The van der Waals surface area contributed by atoms with E-state index < -0.39 is 10.2 Å². The molecule has 116 valence electrons. The highest BCUT2D eigenvalue weighted by Crippen LogP contribution is 2.26. The summed E-state index contributed by atoms with van der Waals surface area (Å²) in [4.78, 5) is 11.4. The molecule has 0 saturated carbocycles. The van der Waals surface area contributed by atoms with E-state index in [0.717, 1.165) is 44.9 Å². The van der Waals surface area contributed by atoms with Crippen LogP contribution in [0.1, 0.15) is 58.3 Å². The third-order valence-corrected chi connectivity index (χ3v) is 6.38. The van der Waals surface area contributed by atoms with E-state index in [9.17, 15) is 13.2 Å². The summed E-state index contributed by atoms with van der Waals surface area (Å²) < 4.78 is 28.9. The van der Waals surface area contributed by atoms with Crippen molar-refractivity contribution in [3.63, 3.8) is 0 Å². The zero-order valence-electron chi connectivity index (χ0n) is 12.4. The molecule has 6 heteroatoms. The average molecular weight is 302 g/mol. The first-order valence-electron chi connectivity index (χ1n) is 7.78. The SMILES string of the molecule is CC(=O)CC1CCCCCN1S(=O)(=O)N1CCCCC1. The van der Waals surface area contributed by atoms with Crippen molar-refractivity contribution < 1.29 is 13.2 Å². The second-order valence-corrected chi connectivity index (χ2v) is 7.87. The Labute approximate surface area is 122 Å². The first-order chi connectivity index (χ1) is 9.51. The third kappa shape index (κ3) is 3.80. The molecular formula is C14H26N2O3S. The van der Waals surface area contributed by atoms with Crippen LogP contribution in [0.4, 0.5) is 0 Å². The lowest BCUT2D eigenvalue weighted by atomic mass is 10.1. The Bertz CT molecular complexity index is 430. The van der Waals surface area contributed by atoms with Crippen LogP contribution in [-0.4, -0.2) is 48.5 Å². The van der Waals surface area contributed by atoms with E-state index in [0.29, 0.717) is 26.1 Å². The Morgan fingerprint density at radius 2 is 1.60 bits per heavy atom. The normalized spacial score (nSPS) is 27.1. The maximum absolute atomic E-state index is 12.8. The first-order valence-corrected chi connectivity index (χ1v) is 9.18. The second-order valence-electron chi connectivity index (χ2n) is 5.99. The molecular weight excluding hydrogens is 276 g/mol. The molecule has 0 aromatic heterocycles. The number of carbonyl (C=O) groups excluding carboxylic acids is 1. The number of rotatable bonds is 4. The van der Waals surface area contributed by atoms with Gasteiger partial charge < -0.3 is 0 Å². The number of hydrogen-bond donors (Lipinski definition) is 0. The maximum Gasteiger partial charge on any atom is 0.282 e. The molecule has 2 aliphatic rings. The number of hydrogen-bond acceptors (Lipinski definition) is 3. The van der Waals surface area contributed by atoms with Crippen LogP contribution in [0.15, 0.2) is 0 Å². The van der Waals surface area contributed by atoms with Gasteiger partial charge in [-0.3, -0.25) is 4.79 Å². The molecule has 0 spiro atoms. The number of nitrogens with zero attached hydrogens (tertiary/aromatic N) is 2. The number of ketones is 1. The molecule has 2 heterocycles. The zero-order valence-corrected chi connectivity index (χ0v) is 13.2. The van der Waals surface area contributed by atoms with Crippen LogP contribution in [0, 0.1) is 0 Å². The molecule has 2 saturated heterocycles. The lowest BCUT2D eigenvalue weighted by Gasteiger charge is -2.35. The fourth-order valence-corrected chi connectivity index (χ4v) is 5.17. The monoisotopic (exact) mass is 302 g/mol. The zero-order chi connectivity index (χ0) is 14.6. The van der Waals surface area contributed by atoms with Gasteiger partial charge in [0.05, 0.1) is 0 Å². The second kappa shape index (κ2) is 7.00. The summed E-state index contributed by atoms with van der Waals surface area (Å²) in [7, 11) is -3.39. The van der Waals surface area contributed by atoms with Gasteiger partial charge in [-0.25, -0.2) is 0 Å². The van der Waals surface area contributed by atoms with Crippen molar-refractivity contribution in [3.05, 3.63) is 0 Å². The van der Waals surface area contributed by atoms with Gasteiger partial charge >= 0.3 is 0 Å². The van der Waals surface area contributed by atoms with Crippen molar-refractivity contribution >= 4 is 16.0 Å². The predicted molar refractivity (Wildman–Crippen MR) is 78.6 cm³/mol. The molecule has 0 aromatic rings. The highest BCUT2D eigenvalue weighted by Gasteiger charge is 2.36. The lowest BCUT2D eigenvalue weighted by Crippen LogP contribution is -2.50. The van der Waals surface area contributed by atoms with Gasteiger partial charge in [0.15, 0.2) is 0 Å². The van der Waals surface area contributed by atoms with Crippen LogP contribution in [0.25, 0.3) is 0 Å². The molecule has 1 unspecified atom stereocenters. The molecule has 0 amide bonds. The van der Waals surface area contributed by atoms with E-state index in [2.05, 4.69) is 0 Å². The van der Waals surface area contributed by atoms with Gasteiger partial charge in [-0.15, -0.1) is 0 Å². The van der Waals surface area contributed by atoms with Crippen molar-refractivity contribution in [2.45, 2.75) is 64.3 Å². The fourth-order valence-electron chi connectivity index (χ4n) is 3.23. The van der Waals surface area contributed by atoms with Crippen molar-refractivity contribution in [2.24, 2.45) is 0 Å². The van der Waals surface area contributed by atoms with Gasteiger partial charge in [0, 0.05) is 32.1 Å². The van der Waals surface area contributed by atoms with Gasteiger partial charge in [0.1, 0.15) is 5.78 Å². The minimum absolute atomic E-state index is 0.0794. The largest absolute Gasteiger partial charge is 0.300 e. The summed E-state index contributed by atoms with van der Waals surface area (Å²) in [5.74, 6) is 0.0794. The molecule has 0 bridgehead atoms. The van der Waals surface area contributed by atoms with Crippen LogP contribution < -0.4 is 0 Å². The van der Waals surface area contributed by atoms with E-state index in [4.69, 9.17) is 0 Å². The third-order valence-electron chi connectivity index (χ3n) is 4.28. The summed E-state index contributed by atoms with van der Waals surface area (Å²) in [6, 6.07) is -0.137. The summed E-state index contributed by atoms with van der Waals surface area (Å²) in [5, 5.41) is 0. The number of carbonyl (C=O) groups is 1. The minimum atomic E-state index is -3.39. The van der Waals surface area contributed by atoms with E-state index in [1.54, 1.807) is 15.5 Å². The van der Waals surface area contributed by atoms with Gasteiger partial charge in [0.25, 0.3) is 10.2 Å². The quantitative estimate of drug-likeness (QED) is 0.797. The highest BCUT2D eigenvalue weighted by molar-refractivity contribution is 7.86. The van der Waals surface area contributed by atoms with E-state index >= 15 is 0 Å². The Morgan fingerprint density at radius 3 is 2.25 bits per heavy atom. The van der Waals surface area contributed by atoms with Crippen LogP contribution in [-0.2, 0) is 15.0 Å². The molecule has 2 fully saturated rings. The topological polar surface area (TPSA) is 57.7 Å². The summed E-state index contributed by atoms with van der Waals surface area (Å²) in [5.41, 5.74) is 0. The van der Waals surface area contributed by atoms with Crippen molar-refractivity contribution in [2.75, 3.05) is 19.6 Å². The Balaban J connectivity index is 2.17. The van der Waals surface area contributed by atoms with Crippen molar-refractivity contribution in [3.8, 4) is 0 Å². The van der Waals surface area contributed by atoms with Gasteiger partial charge in [-0.1, -0.05) is 19.3 Å². The molecule has 0 N–H and O–H groups in total. The molecule has 5 nitrogen and oxygen atoms in total. The summed E-state index contributed by atoms with van der Waals surface area (Å²) >= 11 is 0. The predicted octanol–water partition coefficient (Wildman–Crippen LogP) is 1.94. The molecule has 0 radical (unpaired) electrons. The maximum atomic E-state index is 12.8. The highest BCUT2D eigenvalue weighted by atomic mass is 32.2. The van der Waals surface area contributed by atoms with E-state index in [1.165, 1.54) is 0 Å². The fraction of sp³-hybridized carbons (Fsp3) is 0.929. The molecule has 2 rings (SSSR count). The summed E-state index contributed by atoms with van der Waals surface area (Å²) in [6.07, 6.45) is 7.16. The smallest absolute Gasteiger partial charge is 0.282 e. The van der Waals surface area contributed by atoms with Gasteiger partial charge in [0.2, 0.25) is 0 Å². The van der Waals surface area contributed by atoms with Gasteiger partial charge in [-0.2, -0.15) is 17.0 Å². The lowest BCUT2D eigenvalue weighted by molar-refractivity contribution is -0.117.